The summed E-state index contributed by atoms with van der Waals surface area (Å²) in [6.45, 7) is 18.4. The maximum atomic E-state index is 13.8. The van der Waals surface area contributed by atoms with Gasteiger partial charge in [0, 0.05) is 24.7 Å². The monoisotopic (exact) mass is 1240 g/mol. The standard InChI is InChI=1S/C64H88N8O17/c1-37(17-13-19-39(3)21-25-46-41(5)29-44(30-60(46,6)7)86-50(76)27-23-42-33-71(69-67-42)63(58(65)84)56(82)54(80)52(78)47(35-73)88-63)15-11-12-16-38(2)18-14-20-40(4)22-26-49(75)62(10)32-45(31-61(62,8)9)87-51(77)28-24-43-34-72(70-68-43)64(59(66)85)57(83)55(81)53(79)48(36-74)89-64/h11-22,25-26,33-34,44-45,47-48,52-57,73-74,78-83H,23-24,27-32,35-36H2,1-10H3,(H2,65,84)(H2,66,85)/b12-11+,17-13+,18-14+,25-21+,26-22+,37-15+,38-16+,39-19+,40-20+/t44-,45+,47-,48-,52-,53-,54+,55+,56-,57-,62+,63+,64+/m1/s1. The number of carbonyl (C=O) groups excluding carboxylic acids is 5. The lowest BCUT2D eigenvalue weighted by Crippen LogP contribution is -2.70. The summed E-state index contributed by atoms with van der Waals surface area (Å²) in [6, 6.07) is 0. The molecule has 486 valence electrons. The highest BCUT2D eigenvalue weighted by Gasteiger charge is 2.61. The average molecular weight is 1240 g/mol. The summed E-state index contributed by atoms with van der Waals surface area (Å²) in [5, 5.41) is 97.5. The number of nitrogens with two attached hydrogens (primary N) is 2. The zero-order valence-corrected chi connectivity index (χ0v) is 52.2. The van der Waals surface area contributed by atoms with Crippen molar-refractivity contribution in [3.05, 3.63) is 142 Å². The van der Waals surface area contributed by atoms with Gasteiger partial charge in [0.15, 0.2) is 5.78 Å². The van der Waals surface area contributed by atoms with Gasteiger partial charge in [-0.25, -0.2) is 9.36 Å². The van der Waals surface area contributed by atoms with Crippen LogP contribution in [0, 0.1) is 16.2 Å². The summed E-state index contributed by atoms with van der Waals surface area (Å²) in [5.74, 6) is -3.62. The Labute approximate surface area is 517 Å². The van der Waals surface area contributed by atoms with Gasteiger partial charge in [0.05, 0.1) is 49.8 Å². The van der Waals surface area contributed by atoms with Crippen LogP contribution in [0.15, 0.2) is 131 Å². The Bertz CT molecular complexity index is 3230. The Balaban J connectivity index is 0.924. The molecule has 25 nitrogen and oxygen atoms in total. The summed E-state index contributed by atoms with van der Waals surface area (Å²) in [7, 11) is 0. The number of allylic oxidation sites excluding steroid dienone is 19. The molecule has 2 aromatic rings. The molecule has 2 aliphatic heterocycles. The molecule has 0 aromatic carbocycles. The van der Waals surface area contributed by atoms with Gasteiger partial charge in [-0.15, -0.1) is 10.2 Å². The zero-order chi connectivity index (χ0) is 66.0. The number of nitrogens with zero attached hydrogens (tertiary/aromatic N) is 6. The number of rotatable bonds is 25. The van der Waals surface area contributed by atoms with Crippen LogP contribution in [-0.4, -0.2) is 175 Å². The smallest absolute Gasteiger partial charge is 0.306 e. The molecule has 2 amide bonds. The van der Waals surface area contributed by atoms with Crippen LogP contribution >= 0.6 is 0 Å². The maximum Gasteiger partial charge on any atom is 0.306 e. The number of esters is 2. The largest absolute Gasteiger partial charge is 0.462 e. The first-order chi connectivity index (χ1) is 41.8. The van der Waals surface area contributed by atoms with E-state index < -0.39 is 114 Å². The van der Waals surface area contributed by atoms with Gasteiger partial charge in [0.25, 0.3) is 23.3 Å². The predicted molar refractivity (Wildman–Crippen MR) is 323 cm³/mol. The minimum atomic E-state index is -2.50. The summed E-state index contributed by atoms with van der Waals surface area (Å²) in [6.07, 6.45) is 16.3. The number of aliphatic hydroxyl groups is 8. The van der Waals surface area contributed by atoms with E-state index in [9.17, 15) is 64.8 Å². The first kappa shape index (κ1) is 70.9. The summed E-state index contributed by atoms with van der Waals surface area (Å²) in [4.78, 5) is 65.1. The molecule has 25 heteroatoms. The van der Waals surface area contributed by atoms with Gasteiger partial charge in [-0.05, 0) is 76.4 Å². The fourth-order valence-electron chi connectivity index (χ4n) is 11.7. The number of aliphatic hydroxyl groups excluding tert-OH is 8. The maximum absolute atomic E-state index is 13.8. The van der Waals surface area contributed by atoms with Crippen LogP contribution in [0.25, 0.3) is 0 Å². The molecule has 12 N–H and O–H groups in total. The van der Waals surface area contributed by atoms with E-state index in [1.807, 2.05) is 116 Å². The molecule has 4 aliphatic rings. The molecule has 4 heterocycles. The molecule has 2 aliphatic carbocycles. The molecule has 0 radical (unpaired) electrons. The number of hydrogen-bond donors (Lipinski definition) is 10. The summed E-state index contributed by atoms with van der Waals surface area (Å²) in [5.41, 5.74) is 11.2. The SMILES string of the molecule is CC1=C(/C=C/C(C)=C/C=C/C(C)=C/C=C/C=C(C)/C=C/C=C(C)/C=C/C(=O)[C@]2(C)C[C@@H](OC(=O)CCc3cn([C@]4(C(N)=O)O[C@H](CO)[C@@H](O)[C@H](O)[C@H]4O)nn3)CC2(C)C)C(C)(C)C[C@H](OC(=O)CCc2cn([C@]3(C(N)=O)O[C@H](CO)[C@@H](O)[C@H](O)[C@H]3O)nn2)C1. The molecular weight excluding hydrogens is 1150 g/mol. The second kappa shape index (κ2) is 29.6. The molecule has 0 unspecified atom stereocenters. The Morgan fingerprint density at radius 2 is 1.02 bits per heavy atom. The van der Waals surface area contributed by atoms with Crippen molar-refractivity contribution in [1.29, 1.82) is 0 Å². The highest BCUT2D eigenvalue weighted by Crippen LogP contribution is 2.54. The van der Waals surface area contributed by atoms with Crippen molar-refractivity contribution in [3.63, 3.8) is 0 Å². The second-order valence-electron chi connectivity index (χ2n) is 25.1. The number of aromatic nitrogens is 6. The number of amides is 2. The van der Waals surface area contributed by atoms with Gasteiger partial charge < -0.3 is 71.3 Å². The zero-order valence-electron chi connectivity index (χ0n) is 52.2. The van der Waals surface area contributed by atoms with Crippen LogP contribution in [0.4, 0.5) is 0 Å². The van der Waals surface area contributed by atoms with E-state index in [4.69, 9.17) is 30.4 Å². The number of carbonyl (C=O) groups is 5. The minimum Gasteiger partial charge on any atom is -0.462 e. The molecule has 0 spiro atoms. The van der Waals surface area contributed by atoms with Gasteiger partial charge in [-0.2, -0.15) is 0 Å². The second-order valence-corrected chi connectivity index (χ2v) is 25.1. The van der Waals surface area contributed by atoms with Crippen LogP contribution in [-0.2, 0) is 67.2 Å². The van der Waals surface area contributed by atoms with Crippen LogP contribution in [0.5, 0.6) is 0 Å². The van der Waals surface area contributed by atoms with Gasteiger partial charge >= 0.3 is 11.9 Å². The van der Waals surface area contributed by atoms with Crippen LogP contribution in [0.3, 0.4) is 0 Å². The molecule has 6 rings (SSSR count). The normalized spacial score (nSPS) is 31.4. The van der Waals surface area contributed by atoms with Gasteiger partial charge in [-0.1, -0.05) is 152 Å². The third-order valence-electron chi connectivity index (χ3n) is 17.3. The third-order valence-corrected chi connectivity index (χ3v) is 17.3. The number of hydrogen-bond acceptors (Lipinski definition) is 21. The van der Waals surface area contributed by atoms with Crippen LogP contribution in [0.1, 0.15) is 119 Å². The molecule has 1 saturated carbocycles. The van der Waals surface area contributed by atoms with E-state index in [1.165, 1.54) is 12.4 Å². The molecule has 89 heavy (non-hydrogen) atoms. The van der Waals surface area contributed by atoms with Crippen molar-refractivity contribution in [2.45, 2.75) is 193 Å². The predicted octanol–water partition coefficient (Wildman–Crippen LogP) is 2.58. The van der Waals surface area contributed by atoms with Crippen molar-refractivity contribution >= 4 is 29.5 Å². The number of ether oxygens (including phenoxy) is 4. The lowest BCUT2D eigenvalue weighted by atomic mass is 9.66. The lowest BCUT2D eigenvalue weighted by Gasteiger charge is -2.46. The van der Waals surface area contributed by atoms with Gasteiger partial charge in [-0.3, -0.25) is 24.0 Å². The topological polar surface area (TPSA) is 398 Å². The summed E-state index contributed by atoms with van der Waals surface area (Å²) < 4.78 is 24.4. The van der Waals surface area contributed by atoms with Gasteiger partial charge in [0.1, 0.15) is 61.0 Å². The first-order valence-electron chi connectivity index (χ1n) is 29.6. The van der Waals surface area contributed by atoms with E-state index in [0.717, 1.165) is 42.8 Å². The first-order valence-corrected chi connectivity index (χ1v) is 29.6. The van der Waals surface area contributed by atoms with Crippen molar-refractivity contribution in [3.8, 4) is 0 Å². The van der Waals surface area contributed by atoms with Crippen molar-refractivity contribution in [2.75, 3.05) is 13.2 Å². The molecule has 13 atom stereocenters. The fraction of sp³-hybridized carbons (Fsp3) is 0.547. The van der Waals surface area contributed by atoms with E-state index in [0.29, 0.717) is 25.7 Å². The lowest BCUT2D eigenvalue weighted by molar-refractivity contribution is -0.296. The quantitative estimate of drug-likeness (QED) is 0.0388. The van der Waals surface area contributed by atoms with E-state index in [1.54, 1.807) is 12.2 Å². The molecule has 2 aromatic heterocycles. The minimum absolute atomic E-state index is 0.00391. The van der Waals surface area contributed by atoms with Crippen molar-refractivity contribution in [1.82, 2.24) is 30.0 Å². The highest BCUT2D eigenvalue weighted by atomic mass is 16.6. The van der Waals surface area contributed by atoms with E-state index in [2.05, 4.69) is 46.6 Å². The van der Waals surface area contributed by atoms with Gasteiger partial charge in [0.2, 0.25) is 0 Å². The number of ketones is 1. The third kappa shape index (κ3) is 16.2. The Kier molecular flexibility index (Phi) is 23.6. The summed E-state index contributed by atoms with van der Waals surface area (Å²) >= 11 is 0. The Morgan fingerprint density at radius 1 is 0.596 bits per heavy atom. The average Bonchev–Trinajstić information content (AvgIpc) is 1.58. The number of primary amides is 2. The van der Waals surface area contributed by atoms with E-state index >= 15 is 0 Å². The molecule has 2 saturated heterocycles. The Morgan fingerprint density at radius 3 is 1.46 bits per heavy atom. The van der Waals surface area contributed by atoms with Crippen LogP contribution < -0.4 is 11.5 Å². The highest BCUT2D eigenvalue weighted by molar-refractivity contribution is 5.96. The van der Waals surface area contributed by atoms with Crippen molar-refractivity contribution < 1.29 is 83.8 Å². The Hall–Kier alpha value is -7.17. The molecule has 0 bridgehead atoms. The number of aryl methyl sites for hydroxylation is 2. The fourth-order valence-corrected chi connectivity index (χ4v) is 11.7. The molecule has 3 fully saturated rings. The van der Waals surface area contributed by atoms with E-state index in [-0.39, 0.29) is 54.4 Å². The molecular formula is C64H88N8O17. The van der Waals surface area contributed by atoms with Crippen LogP contribution in [0.2, 0.25) is 0 Å². The van der Waals surface area contributed by atoms with Crippen molar-refractivity contribution in [2.24, 2.45) is 27.7 Å².